The topological polar surface area (TPSA) is 29.9 Å². The number of rotatable bonds is 4. The second-order valence-corrected chi connectivity index (χ2v) is 4.99. The summed E-state index contributed by atoms with van der Waals surface area (Å²) in [4.78, 5) is 0. The lowest BCUT2D eigenvalue weighted by molar-refractivity contribution is 0.627. The predicted molar refractivity (Wildman–Crippen MR) is 76.7 cm³/mol. The van der Waals surface area contributed by atoms with E-state index in [0.29, 0.717) is 27.3 Å². The first kappa shape index (κ1) is 13.5. The fourth-order valence-corrected chi connectivity index (χ4v) is 2.64. The fourth-order valence-electron chi connectivity index (χ4n) is 1.68. The smallest absolute Gasteiger partial charge is 0.0723 e. The maximum absolute atomic E-state index is 6.09. The number of aryl methyl sites for hydroxylation is 1. The van der Waals surface area contributed by atoms with Crippen LogP contribution in [-0.4, -0.2) is 9.78 Å². The second kappa shape index (κ2) is 5.83. The van der Waals surface area contributed by atoms with Crippen LogP contribution in [0.15, 0.2) is 24.4 Å². The Labute approximate surface area is 121 Å². The molecule has 0 aliphatic rings. The third-order valence-corrected chi connectivity index (χ3v) is 3.37. The van der Waals surface area contributed by atoms with Crippen LogP contribution in [0.3, 0.4) is 0 Å². The molecule has 0 bridgehead atoms. The molecule has 1 aromatic carbocycles. The molecular weight excluding hydrogens is 293 g/mol. The van der Waals surface area contributed by atoms with Gasteiger partial charge in [0.05, 0.1) is 28.0 Å². The number of benzene rings is 1. The number of nitrogens with zero attached hydrogens (tertiary/aromatic N) is 2. The maximum Gasteiger partial charge on any atom is 0.0723 e. The van der Waals surface area contributed by atoms with Gasteiger partial charge in [-0.2, -0.15) is 5.10 Å². The van der Waals surface area contributed by atoms with Crippen molar-refractivity contribution in [2.45, 2.75) is 20.0 Å². The maximum atomic E-state index is 6.09. The summed E-state index contributed by atoms with van der Waals surface area (Å²) >= 11 is 18.0. The van der Waals surface area contributed by atoms with Crippen molar-refractivity contribution in [3.05, 3.63) is 45.2 Å². The number of hydrogen-bond donors (Lipinski definition) is 1. The van der Waals surface area contributed by atoms with Crippen LogP contribution in [0.4, 0.5) is 5.69 Å². The SMILES string of the molecule is CCn1nccc1CNc1c(Cl)cc(Cl)cc1Cl. The van der Waals surface area contributed by atoms with Crippen LogP contribution in [0, 0.1) is 0 Å². The van der Waals surface area contributed by atoms with Gasteiger partial charge in [0.25, 0.3) is 0 Å². The van der Waals surface area contributed by atoms with Crippen molar-refractivity contribution < 1.29 is 0 Å². The molecular formula is C12H12Cl3N3. The molecule has 18 heavy (non-hydrogen) atoms. The van der Waals surface area contributed by atoms with Gasteiger partial charge in [-0.15, -0.1) is 0 Å². The number of halogens is 3. The van der Waals surface area contributed by atoms with Crippen LogP contribution in [0.2, 0.25) is 15.1 Å². The van der Waals surface area contributed by atoms with E-state index in [4.69, 9.17) is 34.8 Å². The van der Waals surface area contributed by atoms with Gasteiger partial charge in [-0.3, -0.25) is 4.68 Å². The van der Waals surface area contributed by atoms with Crippen LogP contribution in [0.5, 0.6) is 0 Å². The summed E-state index contributed by atoms with van der Waals surface area (Å²) < 4.78 is 1.91. The quantitative estimate of drug-likeness (QED) is 0.903. The lowest BCUT2D eigenvalue weighted by atomic mass is 10.3. The molecule has 0 amide bonds. The van der Waals surface area contributed by atoms with E-state index in [9.17, 15) is 0 Å². The van der Waals surface area contributed by atoms with Crippen molar-refractivity contribution in [2.24, 2.45) is 0 Å². The summed E-state index contributed by atoms with van der Waals surface area (Å²) in [6.07, 6.45) is 1.77. The summed E-state index contributed by atoms with van der Waals surface area (Å²) in [7, 11) is 0. The van der Waals surface area contributed by atoms with Crippen molar-refractivity contribution >= 4 is 40.5 Å². The van der Waals surface area contributed by atoms with E-state index >= 15 is 0 Å². The highest BCUT2D eigenvalue weighted by Crippen LogP contribution is 2.33. The molecule has 0 saturated heterocycles. The van der Waals surface area contributed by atoms with E-state index < -0.39 is 0 Å². The highest BCUT2D eigenvalue weighted by molar-refractivity contribution is 6.41. The molecule has 0 unspecified atom stereocenters. The highest BCUT2D eigenvalue weighted by atomic mass is 35.5. The molecule has 0 saturated carbocycles. The first-order chi connectivity index (χ1) is 8.61. The summed E-state index contributed by atoms with van der Waals surface area (Å²) in [6.45, 7) is 3.47. The summed E-state index contributed by atoms with van der Waals surface area (Å²) in [5, 5.41) is 8.94. The number of anilines is 1. The van der Waals surface area contributed by atoms with Gasteiger partial charge < -0.3 is 5.32 Å². The lowest BCUT2D eigenvalue weighted by Crippen LogP contribution is -2.08. The Morgan fingerprint density at radius 3 is 2.50 bits per heavy atom. The minimum absolute atomic E-state index is 0.509. The predicted octanol–water partition coefficient (Wildman–Crippen LogP) is 4.48. The lowest BCUT2D eigenvalue weighted by Gasteiger charge is -2.11. The summed E-state index contributed by atoms with van der Waals surface area (Å²) in [5.41, 5.74) is 1.76. The number of nitrogens with one attached hydrogen (secondary N) is 1. The van der Waals surface area contributed by atoms with Crippen molar-refractivity contribution in [3.8, 4) is 0 Å². The Balaban J connectivity index is 2.16. The van der Waals surface area contributed by atoms with Crippen molar-refractivity contribution in [1.29, 1.82) is 0 Å². The number of hydrogen-bond acceptors (Lipinski definition) is 2. The Morgan fingerprint density at radius 2 is 1.89 bits per heavy atom. The summed E-state index contributed by atoms with van der Waals surface area (Å²) in [5.74, 6) is 0. The van der Waals surface area contributed by atoms with Gasteiger partial charge >= 0.3 is 0 Å². The molecule has 96 valence electrons. The molecule has 0 atom stereocenters. The standard InChI is InChI=1S/C12H12Cl3N3/c1-2-18-9(3-4-17-18)7-16-12-10(14)5-8(13)6-11(12)15/h3-6,16H,2,7H2,1H3. The third-order valence-electron chi connectivity index (χ3n) is 2.56. The molecule has 0 aliphatic carbocycles. The zero-order valence-electron chi connectivity index (χ0n) is 9.75. The fraction of sp³-hybridized carbons (Fsp3) is 0.250. The summed E-state index contributed by atoms with van der Waals surface area (Å²) in [6, 6.07) is 5.27. The Morgan fingerprint density at radius 1 is 1.22 bits per heavy atom. The van der Waals surface area contributed by atoms with Crippen LogP contribution in [0.25, 0.3) is 0 Å². The molecule has 1 aromatic heterocycles. The van der Waals surface area contributed by atoms with E-state index in [2.05, 4.69) is 10.4 Å². The average Bonchev–Trinajstić information content (AvgIpc) is 2.75. The first-order valence-corrected chi connectivity index (χ1v) is 6.64. The van der Waals surface area contributed by atoms with E-state index in [1.54, 1.807) is 18.3 Å². The van der Waals surface area contributed by atoms with Gasteiger partial charge in [-0.05, 0) is 25.1 Å². The zero-order chi connectivity index (χ0) is 13.1. The molecule has 2 aromatic rings. The van der Waals surface area contributed by atoms with E-state index in [1.165, 1.54) is 0 Å². The monoisotopic (exact) mass is 303 g/mol. The van der Waals surface area contributed by atoms with Gasteiger partial charge in [-0.25, -0.2) is 0 Å². The molecule has 6 heteroatoms. The molecule has 3 nitrogen and oxygen atoms in total. The highest BCUT2D eigenvalue weighted by Gasteiger charge is 2.08. The normalized spacial score (nSPS) is 10.7. The molecule has 1 N–H and O–H groups in total. The Bertz CT molecular complexity index is 528. The van der Waals surface area contributed by atoms with Gasteiger partial charge in [0.15, 0.2) is 0 Å². The van der Waals surface area contributed by atoms with Crippen LogP contribution >= 0.6 is 34.8 Å². The third kappa shape index (κ3) is 2.91. The Hall–Kier alpha value is -0.900. The minimum atomic E-state index is 0.509. The van der Waals surface area contributed by atoms with E-state index in [-0.39, 0.29) is 0 Å². The van der Waals surface area contributed by atoms with Gasteiger partial charge in [0.2, 0.25) is 0 Å². The van der Waals surface area contributed by atoms with Gasteiger partial charge in [0, 0.05) is 17.8 Å². The van der Waals surface area contributed by atoms with E-state index in [1.807, 2.05) is 17.7 Å². The van der Waals surface area contributed by atoms with Crippen molar-refractivity contribution in [1.82, 2.24) is 9.78 Å². The van der Waals surface area contributed by atoms with Crippen molar-refractivity contribution in [3.63, 3.8) is 0 Å². The molecule has 0 radical (unpaired) electrons. The molecule has 0 fully saturated rings. The molecule has 0 spiro atoms. The molecule has 1 heterocycles. The largest absolute Gasteiger partial charge is 0.377 e. The van der Waals surface area contributed by atoms with Crippen LogP contribution < -0.4 is 5.32 Å². The average molecular weight is 305 g/mol. The molecule has 0 aliphatic heterocycles. The van der Waals surface area contributed by atoms with Gasteiger partial charge in [0.1, 0.15) is 0 Å². The minimum Gasteiger partial charge on any atom is -0.377 e. The second-order valence-electron chi connectivity index (χ2n) is 3.74. The molecule has 2 rings (SSSR count). The zero-order valence-corrected chi connectivity index (χ0v) is 12.0. The number of aromatic nitrogens is 2. The Kier molecular flexibility index (Phi) is 4.38. The van der Waals surface area contributed by atoms with Gasteiger partial charge in [-0.1, -0.05) is 34.8 Å². The van der Waals surface area contributed by atoms with Crippen LogP contribution in [0.1, 0.15) is 12.6 Å². The van der Waals surface area contributed by atoms with E-state index in [0.717, 1.165) is 12.2 Å². The van der Waals surface area contributed by atoms with Crippen molar-refractivity contribution in [2.75, 3.05) is 5.32 Å². The first-order valence-electron chi connectivity index (χ1n) is 5.51. The van der Waals surface area contributed by atoms with Crippen LogP contribution in [-0.2, 0) is 13.1 Å².